The largest absolute Gasteiger partial charge is 0.327 e. The van der Waals surface area contributed by atoms with E-state index in [2.05, 4.69) is 36.3 Å². The van der Waals surface area contributed by atoms with Gasteiger partial charge in [-0.15, -0.1) is 11.3 Å². The van der Waals surface area contributed by atoms with E-state index in [1.165, 1.54) is 18.0 Å². The molecule has 0 aliphatic carbocycles. The fourth-order valence-electron chi connectivity index (χ4n) is 2.63. The van der Waals surface area contributed by atoms with Crippen LogP contribution in [-0.4, -0.2) is 30.6 Å². The lowest BCUT2D eigenvalue weighted by atomic mass is 9.93. The lowest BCUT2D eigenvalue weighted by molar-refractivity contribution is 0.172. The number of likely N-dealkylation sites (tertiary alicyclic amines) is 1. The van der Waals surface area contributed by atoms with E-state index in [1.54, 1.807) is 0 Å². The highest BCUT2D eigenvalue weighted by molar-refractivity contribution is 7.10. The third-order valence-corrected chi connectivity index (χ3v) is 4.16. The second kappa shape index (κ2) is 5.30. The van der Waals surface area contributed by atoms with E-state index in [4.69, 9.17) is 5.73 Å². The zero-order chi connectivity index (χ0) is 11.5. The van der Waals surface area contributed by atoms with Crippen LogP contribution in [0.4, 0.5) is 0 Å². The summed E-state index contributed by atoms with van der Waals surface area (Å²) in [6.45, 7) is 7.99. The molecule has 2 atom stereocenters. The first-order chi connectivity index (χ1) is 7.65. The third kappa shape index (κ3) is 3.06. The normalized spacial score (nSPS) is 27.5. The molecule has 0 saturated carbocycles. The van der Waals surface area contributed by atoms with Crippen LogP contribution in [0.2, 0.25) is 0 Å². The van der Waals surface area contributed by atoms with Crippen LogP contribution in [0.5, 0.6) is 0 Å². The molecule has 1 fully saturated rings. The minimum atomic E-state index is 0.347. The van der Waals surface area contributed by atoms with Gasteiger partial charge in [0.1, 0.15) is 0 Å². The Kier molecular flexibility index (Phi) is 4.00. The Bertz CT molecular complexity index is 306. The molecule has 16 heavy (non-hydrogen) atoms. The van der Waals surface area contributed by atoms with Gasteiger partial charge >= 0.3 is 0 Å². The van der Waals surface area contributed by atoms with Gasteiger partial charge in [-0.2, -0.15) is 0 Å². The maximum atomic E-state index is 6.16. The number of piperidine rings is 1. The lowest BCUT2D eigenvalue weighted by Crippen LogP contribution is -2.47. The van der Waals surface area contributed by atoms with Crippen molar-refractivity contribution in [3.63, 3.8) is 0 Å². The first-order valence-corrected chi connectivity index (χ1v) is 7.04. The van der Waals surface area contributed by atoms with E-state index >= 15 is 0 Å². The molecule has 0 aromatic carbocycles. The quantitative estimate of drug-likeness (QED) is 0.877. The predicted molar refractivity (Wildman–Crippen MR) is 70.9 cm³/mol. The van der Waals surface area contributed by atoms with Crippen LogP contribution in [-0.2, 0) is 0 Å². The second-order valence-corrected chi connectivity index (χ2v) is 6.30. The van der Waals surface area contributed by atoms with Crippen LogP contribution >= 0.6 is 11.3 Å². The van der Waals surface area contributed by atoms with Crippen LogP contribution in [0, 0.1) is 5.92 Å². The van der Waals surface area contributed by atoms with E-state index < -0.39 is 0 Å². The number of hydrogen-bond donors (Lipinski definition) is 1. The van der Waals surface area contributed by atoms with Crippen molar-refractivity contribution in [1.82, 2.24) is 4.90 Å². The minimum absolute atomic E-state index is 0.347. The first-order valence-electron chi connectivity index (χ1n) is 6.16. The van der Waals surface area contributed by atoms with Crippen molar-refractivity contribution in [2.75, 3.05) is 19.6 Å². The fourth-order valence-corrected chi connectivity index (χ4v) is 3.46. The first kappa shape index (κ1) is 12.1. The molecule has 2 nitrogen and oxygen atoms in total. The molecule has 2 unspecified atom stereocenters. The third-order valence-electron chi connectivity index (χ3n) is 3.13. The Labute approximate surface area is 102 Å². The van der Waals surface area contributed by atoms with Gasteiger partial charge in [0.2, 0.25) is 0 Å². The smallest absolute Gasteiger partial charge is 0.0174 e. The number of hydrogen-bond acceptors (Lipinski definition) is 3. The highest BCUT2D eigenvalue weighted by atomic mass is 32.1. The minimum Gasteiger partial charge on any atom is -0.327 e. The van der Waals surface area contributed by atoms with E-state index in [9.17, 15) is 0 Å². The number of nitrogens with zero attached hydrogens (tertiary/aromatic N) is 1. The molecule has 1 aliphatic rings. The molecule has 1 aromatic rings. The van der Waals surface area contributed by atoms with Crippen molar-refractivity contribution in [2.45, 2.75) is 32.2 Å². The van der Waals surface area contributed by atoms with E-state index in [0.717, 1.165) is 18.9 Å². The highest BCUT2D eigenvalue weighted by Crippen LogP contribution is 2.29. The van der Waals surface area contributed by atoms with Crippen LogP contribution in [0.1, 0.15) is 31.1 Å². The Balaban J connectivity index is 2.00. The van der Waals surface area contributed by atoms with Crippen LogP contribution < -0.4 is 5.73 Å². The van der Waals surface area contributed by atoms with Crippen LogP contribution in [0.3, 0.4) is 0 Å². The molecule has 1 aromatic heterocycles. The highest BCUT2D eigenvalue weighted by Gasteiger charge is 2.26. The van der Waals surface area contributed by atoms with Crippen LogP contribution in [0.15, 0.2) is 17.5 Å². The van der Waals surface area contributed by atoms with Crippen molar-refractivity contribution in [1.29, 1.82) is 0 Å². The molecular weight excluding hydrogens is 216 g/mol. The van der Waals surface area contributed by atoms with Crippen molar-refractivity contribution >= 4 is 11.3 Å². The van der Waals surface area contributed by atoms with Gasteiger partial charge in [-0.1, -0.05) is 19.9 Å². The van der Waals surface area contributed by atoms with Crippen molar-refractivity contribution in [3.05, 3.63) is 22.4 Å². The van der Waals surface area contributed by atoms with Gasteiger partial charge in [0, 0.05) is 36.5 Å². The maximum absolute atomic E-state index is 6.16. The summed E-state index contributed by atoms with van der Waals surface area (Å²) < 4.78 is 0. The summed E-state index contributed by atoms with van der Waals surface area (Å²) >= 11 is 1.87. The molecular formula is C13H22N2S. The molecule has 0 radical (unpaired) electrons. The van der Waals surface area contributed by atoms with Gasteiger partial charge in [-0.05, 0) is 23.8 Å². The molecule has 0 spiro atoms. The van der Waals surface area contributed by atoms with E-state index in [-0.39, 0.29) is 0 Å². The summed E-state index contributed by atoms with van der Waals surface area (Å²) in [6, 6.07) is 4.74. The van der Waals surface area contributed by atoms with Crippen molar-refractivity contribution < 1.29 is 0 Å². The second-order valence-electron chi connectivity index (χ2n) is 5.32. The average Bonchev–Trinajstić information content (AvgIpc) is 2.67. The molecule has 90 valence electrons. The predicted octanol–water partition coefficient (Wildman–Crippen LogP) is 2.52. The summed E-state index contributed by atoms with van der Waals surface area (Å²) in [5.74, 6) is 1.39. The molecule has 1 saturated heterocycles. The Morgan fingerprint density at radius 3 is 2.94 bits per heavy atom. The zero-order valence-corrected chi connectivity index (χ0v) is 11.0. The van der Waals surface area contributed by atoms with Crippen molar-refractivity contribution in [3.8, 4) is 0 Å². The van der Waals surface area contributed by atoms with Gasteiger partial charge in [0.15, 0.2) is 0 Å². The lowest BCUT2D eigenvalue weighted by Gasteiger charge is -2.36. The number of thiophene rings is 1. The van der Waals surface area contributed by atoms with Crippen LogP contribution in [0.25, 0.3) is 0 Å². The fraction of sp³-hybridized carbons (Fsp3) is 0.692. The Morgan fingerprint density at radius 1 is 1.50 bits per heavy atom. The maximum Gasteiger partial charge on any atom is 0.0174 e. The van der Waals surface area contributed by atoms with Gasteiger partial charge < -0.3 is 10.6 Å². The van der Waals surface area contributed by atoms with E-state index in [0.29, 0.717) is 12.0 Å². The summed E-state index contributed by atoms with van der Waals surface area (Å²) in [5, 5.41) is 2.17. The Morgan fingerprint density at radius 2 is 2.31 bits per heavy atom. The summed E-state index contributed by atoms with van der Waals surface area (Å²) in [4.78, 5) is 4.03. The monoisotopic (exact) mass is 238 g/mol. The Hall–Kier alpha value is -0.380. The molecule has 1 aliphatic heterocycles. The molecule has 0 amide bonds. The van der Waals surface area contributed by atoms with E-state index in [1.807, 2.05) is 11.3 Å². The van der Waals surface area contributed by atoms with Gasteiger partial charge in [0.25, 0.3) is 0 Å². The average molecular weight is 238 g/mol. The molecule has 2 N–H and O–H groups in total. The molecule has 0 bridgehead atoms. The zero-order valence-electron chi connectivity index (χ0n) is 10.2. The molecule has 3 heteroatoms. The summed E-state index contributed by atoms with van der Waals surface area (Å²) in [6.07, 6.45) is 1.15. The molecule has 2 rings (SSSR count). The van der Waals surface area contributed by atoms with Gasteiger partial charge in [0.05, 0.1) is 0 Å². The summed E-state index contributed by atoms with van der Waals surface area (Å²) in [7, 11) is 0. The standard InChI is InChI=1S/C13H22N2S/c1-10(2)7-15-8-11(6-12(14)9-15)13-4-3-5-16-13/h3-5,10-12H,6-9,14H2,1-2H3. The molecule has 2 heterocycles. The topological polar surface area (TPSA) is 29.3 Å². The van der Waals surface area contributed by atoms with Crippen molar-refractivity contribution in [2.24, 2.45) is 11.7 Å². The summed E-state index contributed by atoms with van der Waals surface area (Å²) in [5.41, 5.74) is 6.16. The number of nitrogens with two attached hydrogens (primary N) is 1. The van der Waals surface area contributed by atoms with Gasteiger partial charge in [-0.25, -0.2) is 0 Å². The SMILES string of the molecule is CC(C)CN1CC(N)CC(c2cccs2)C1. The van der Waals surface area contributed by atoms with Gasteiger partial charge in [-0.3, -0.25) is 0 Å². The number of rotatable bonds is 3.